The van der Waals surface area contributed by atoms with Crippen molar-refractivity contribution >= 4 is 28.8 Å². The molecular weight excluding hydrogens is 290 g/mol. The lowest BCUT2D eigenvalue weighted by Crippen LogP contribution is -2.29. The predicted molar refractivity (Wildman–Crippen MR) is 78.7 cm³/mol. The summed E-state index contributed by atoms with van der Waals surface area (Å²) < 4.78 is 11.0. The van der Waals surface area contributed by atoms with Crippen LogP contribution in [0.1, 0.15) is 21.9 Å². The molecule has 0 fully saturated rings. The Hall–Kier alpha value is -2.25. The van der Waals surface area contributed by atoms with Crippen molar-refractivity contribution in [3.63, 3.8) is 0 Å². The zero-order chi connectivity index (χ0) is 14.8. The number of nitrogen functional groups attached to an aromatic ring is 1. The van der Waals surface area contributed by atoms with Gasteiger partial charge in [-0.25, -0.2) is 10.8 Å². The lowest BCUT2D eigenvalue weighted by Gasteiger charge is -1.94. The van der Waals surface area contributed by atoms with Gasteiger partial charge in [-0.15, -0.1) is 0 Å². The molecule has 0 unspecified atom stereocenters. The molecule has 0 bridgehead atoms. The largest absolute Gasteiger partial charge is 0.456 e. The molecule has 1 aromatic carbocycles. The second-order valence-corrected chi connectivity index (χ2v) is 5.33. The summed E-state index contributed by atoms with van der Waals surface area (Å²) in [5.41, 5.74) is 4.53. The highest BCUT2D eigenvalue weighted by atomic mass is 32.2. The number of rotatable bonds is 4. The van der Waals surface area contributed by atoms with E-state index < -0.39 is 5.91 Å². The Bertz CT molecular complexity index is 761. The quantitative estimate of drug-likeness (QED) is 0.333. The van der Waals surface area contributed by atoms with E-state index in [1.54, 1.807) is 13.0 Å². The second kappa shape index (κ2) is 5.63. The number of furan rings is 1. The van der Waals surface area contributed by atoms with Gasteiger partial charge in [0.05, 0.1) is 0 Å². The van der Waals surface area contributed by atoms with Crippen LogP contribution in [-0.4, -0.2) is 10.9 Å². The van der Waals surface area contributed by atoms with Gasteiger partial charge in [-0.1, -0.05) is 23.9 Å². The SMILES string of the molecule is Cc1oc(C(=O)NN)cc1CSc1nc2ccccc2o1. The molecule has 21 heavy (non-hydrogen) atoms. The highest BCUT2D eigenvalue weighted by Crippen LogP contribution is 2.28. The number of hydrogen-bond acceptors (Lipinski definition) is 6. The average molecular weight is 303 g/mol. The molecule has 7 heteroatoms. The van der Waals surface area contributed by atoms with Crippen molar-refractivity contribution in [2.24, 2.45) is 5.84 Å². The van der Waals surface area contributed by atoms with Crippen LogP contribution in [0.25, 0.3) is 11.1 Å². The topological polar surface area (TPSA) is 94.3 Å². The highest BCUT2D eigenvalue weighted by Gasteiger charge is 2.14. The summed E-state index contributed by atoms with van der Waals surface area (Å²) in [6.07, 6.45) is 0. The number of oxazole rings is 1. The third-order valence-corrected chi connectivity index (χ3v) is 3.88. The zero-order valence-electron chi connectivity index (χ0n) is 11.3. The number of aryl methyl sites for hydroxylation is 1. The third-order valence-electron chi connectivity index (χ3n) is 3.00. The maximum absolute atomic E-state index is 11.4. The maximum Gasteiger partial charge on any atom is 0.300 e. The van der Waals surface area contributed by atoms with Gasteiger partial charge in [0.2, 0.25) is 0 Å². The Balaban J connectivity index is 1.75. The number of carbonyl (C=O) groups excluding carboxylic acids is 1. The van der Waals surface area contributed by atoms with Gasteiger partial charge in [-0.05, 0) is 25.1 Å². The number of thioether (sulfide) groups is 1. The van der Waals surface area contributed by atoms with Gasteiger partial charge < -0.3 is 8.83 Å². The predicted octanol–water partition coefficient (Wildman–Crippen LogP) is 2.63. The molecule has 0 aliphatic rings. The lowest BCUT2D eigenvalue weighted by molar-refractivity contribution is 0.0924. The minimum atomic E-state index is -0.448. The van der Waals surface area contributed by atoms with E-state index in [-0.39, 0.29) is 5.76 Å². The number of nitrogens with zero attached hydrogens (tertiary/aromatic N) is 1. The fourth-order valence-electron chi connectivity index (χ4n) is 1.90. The normalized spacial score (nSPS) is 11.0. The van der Waals surface area contributed by atoms with Crippen molar-refractivity contribution in [1.29, 1.82) is 0 Å². The Labute approximate surface area is 124 Å². The average Bonchev–Trinajstić information content (AvgIpc) is 3.07. The molecule has 0 saturated heterocycles. The molecule has 6 nitrogen and oxygen atoms in total. The summed E-state index contributed by atoms with van der Waals surface area (Å²) >= 11 is 1.45. The van der Waals surface area contributed by atoms with Crippen LogP contribution in [0, 0.1) is 6.92 Å². The molecule has 0 aliphatic carbocycles. The monoisotopic (exact) mass is 303 g/mol. The number of hydrazine groups is 1. The van der Waals surface area contributed by atoms with Crippen molar-refractivity contribution in [1.82, 2.24) is 10.4 Å². The minimum absolute atomic E-state index is 0.197. The summed E-state index contributed by atoms with van der Waals surface area (Å²) in [5.74, 6) is 6.11. The minimum Gasteiger partial charge on any atom is -0.456 e. The highest BCUT2D eigenvalue weighted by molar-refractivity contribution is 7.98. The van der Waals surface area contributed by atoms with Crippen LogP contribution in [0.5, 0.6) is 0 Å². The fraction of sp³-hybridized carbons (Fsp3) is 0.143. The molecule has 0 atom stereocenters. The molecule has 0 saturated carbocycles. The molecule has 2 heterocycles. The van der Waals surface area contributed by atoms with E-state index in [0.29, 0.717) is 16.7 Å². The van der Waals surface area contributed by atoms with Crippen molar-refractivity contribution < 1.29 is 13.6 Å². The molecule has 1 amide bonds. The van der Waals surface area contributed by atoms with E-state index in [1.165, 1.54) is 11.8 Å². The number of nitrogens with one attached hydrogen (secondary N) is 1. The molecule has 3 aromatic rings. The van der Waals surface area contributed by atoms with Crippen molar-refractivity contribution in [2.75, 3.05) is 0 Å². The van der Waals surface area contributed by atoms with E-state index in [9.17, 15) is 4.79 Å². The van der Waals surface area contributed by atoms with Gasteiger partial charge in [-0.2, -0.15) is 0 Å². The first-order valence-corrected chi connectivity index (χ1v) is 7.24. The summed E-state index contributed by atoms with van der Waals surface area (Å²) in [4.78, 5) is 15.8. The Morgan fingerprint density at radius 3 is 2.95 bits per heavy atom. The van der Waals surface area contributed by atoms with Gasteiger partial charge in [0, 0.05) is 11.3 Å². The van der Waals surface area contributed by atoms with E-state index in [1.807, 2.05) is 29.7 Å². The first kappa shape index (κ1) is 13.7. The number of carbonyl (C=O) groups is 1. The smallest absolute Gasteiger partial charge is 0.300 e. The van der Waals surface area contributed by atoms with Crippen LogP contribution in [0.15, 0.2) is 44.4 Å². The first-order valence-electron chi connectivity index (χ1n) is 6.26. The summed E-state index contributed by atoms with van der Waals surface area (Å²) in [7, 11) is 0. The number of para-hydroxylation sites is 2. The number of amides is 1. The molecule has 108 valence electrons. The van der Waals surface area contributed by atoms with Crippen molar-refractivity contribution in [3.8, 4) is 0 Å². The molecule has 0 radical (unpaired) electrons. The molecule has 3 rings (SSSR count). The van der Waals surface area contributed by atoms with Crippen LogP contribution < -0.4 is 11.3 Å². The van der Waals surface area contributed by atoms with Crippen LogP contribution in [-0.2, 0) is 5.75 Å². The van der Waals surface area contributed by atoms with Crippen LogP contribution in [0.2, 0.25) is 0 Å². The molecule has 0 spiro atoms. The number of hydrogen-bond donors (Lipinski definition) is 2. The lowest BCUT2D eigenvalue weighted by atomic mass is 10.3. The maximum atomic E-state index is 11.4. The molecular formula is C14H13N3O3S. The number of nitrogens with two attached hydrogens (primary N) is 1. The molecule has 3 N–H and O–H groups in total. The fourth-order valence-corrected chi connectivity index (χ4v) is 2.78. The van der Waals surface area contributed by atoms with E-state index in [0.717, 1.165) is 16.7 Å². The molecule has 2 aromatic heterocycles. The van der Waals surface area contributed by atoms with Crippen LogP contribution in [0.4, 0.5) is 0 Å². The van der Waals surface area contributed by atoms with Crippen LogP contribution in [0.3, 0.4) is 0 Å². The van der Waals surface area contributed by atoms with Gasteiger partial charge in [-0.3, -0.25) is 10.2 Å². The number of benzene rings is 1. The number of aromatic nitrogens is 1. The van der Waals surface area contributed by atoms with Gasteiger partial charge in [0.25, 0.3) is 5.22 Å². The van der Waals surface area contributed by atoms with Crippen LogP contribution >= 0.6 is 11.8 Å². The second-order valence-electron chi connectivity index (χ2n) is 4.40. The molecule has 0 aliphatic heterocycles. The van der Waals surface area contributed by atoms with E-state index >= 15 is 0 Å². The Morgan fingerprint density at radius 2 is 2.19 bits per heavy atom. The zero-order valence-corrected chi connectivity index (χ0v) is 12.1. The van der Waals surface area contributed by atoms with Gasteiger partial charge in [0.15, 0.2) is 11.3 Å². The third kappa shape index (κ3) is 2.79. The van der Waals surface area contributed by atoms with Crippen molar-refractivity contribution in [3.05, 3.63) is 47.4 Å². The van der Waals surface area contributed by atoms with E-state index in [4.69, 9.17) is 14.7 Å². The van der Waals surface area contributed by atoms with Gasteiger partial charge in [0.1, 0.15) is 11.3 Å². The van der Waals surface area contributed by atoms with Gasteiger partial charge >= 0.3 is 5.91 Å². The van der Waals surface area contributed by atoms with E-state index in [2.05, 4.69) is 4.98 Å². The summed E-state index contributed by atoms with van der Waals surface area (Å²) in [6, 6.07) is 9.26. The standard InChI is InChI=1S/C14H13N3O3S/c1-8-9(6-12(19-8)13(18)17-15)7-21-14-16-10-4-2-3-5-11(10)20-14/h2-6H,7,15H2,1H3,(H,17,18). The summed E-state index contributed by atoms with van der Waals surface area (Å²) in [5, 5.41) is 0.585. The Morgan fingerprint density at radius 1 is 1.38 bits per heavy atom. The first-order chi connectivity index (χ1) is 10.2. The number of fused-ring (bicyclic) bond motifs is 1. The summed E-state index contributed by atoms with van der Waals surface area (Å²) in [6.45, 7) is 1.80. The van der Waals surface area contributed by atoms with Crippen molar-refractivity contribution in [2.45, 2.75) is 17.9 Å². The Kier molecular flexibility index (Phi) is 3.68.